The fourth-order valence-corrected chi connectivity index (χ4v) is 2.15. The summed E-state index contributed by atoms with van der Waals surface area (Å²) in [6, 6.07) is 5.46. The summed E-state index contributed by atoms with van der Waals surface area (Å²) in [7, 11) is 0. The van der Waals surface area contributed by atoms with Crippen molar-refractivity contribution in [1.82, 2.24) is 4.90 Å². The van der Waals surface area contributed by atoms with E-state index < -0.39 is 0 Å². The van der Waals surface area contributed by atoms with E-state index in [1.807, 2.05) is 45.9 Å². The molecule has 0 N–H and O–H groups in total. The highest BCUT2D eigenvalue weighted by molar-refractivity contribution is 9.10. The Hall–Kier alpha value is -1.03. The number of rotatable bonds is 5. The molecule has 0 aliphatic rings. The summed E-state index contributed by atoms with van der Waals surface area (Å²) in [5, 5.41) is 0. The number of ether oxygens (including phenoxy) is 1. The lowest BCUT2D eigenvalue weighted by atomic mass is 10.2. The van der Waals surface area contributed by atoms with Crippen molar-refractivity contribution in [2.45, 2.75) is 33.8 Å². The molecular weight excluding hydrogens is 294 g/mol. The van der Waals surface area contributed by atoms with Crippen molar-refractivity contribution in [3.8, 4) is 5.75 Å². The van der Waals surface area contributed by atoms with Gasteiger partial charge < -0.3 is 9.64 Å². The number of hydrogen-bond acceptors (Lipinski definition) is 2. The third kappa shape index (κ3) is 3.73. The topological polar surface area (TPSA) is 29.5 Å². The lowest BCUT2D eigenvalue weighted by Crippen LogP contribution is -2.30. The average molecular weight is 314 g/mol. The van der Waals surface area contributed by atoms with E-state index in [2.05, 4.69) is 15.9 Å². The monoisotopic (exact) mass is 313 g/mol. The second-order valence-corrected chi connectivity index (χ2v) is 5.14. The minimum Gasteiger partial charge on any atom is -0.490 e. The van der Waals surface area contributed by atoms with Crippen LogP contribution in [-0.2, 0) is 0 Å². The van der Waals surface area contributed by atoms with Gasteiger partial charge in [-0.05, 0) is 61.8 Å². The Kier molecular flexibility index (Phi) is 5.66. The van der Waals surface area contributed by atoms with Gasteiger partial charge in [0.2, 0.25) is 0 Å². The van der Waals surface area contributed by atoms with Crippen LogP contribution in [-0.4, -0.2) is 30.0 Å². The van der Waals surface area contributed by atoms with Gasteiger partial charge in [0.05, 0.1) is 10.6 Å². The van der Waals surface area contributed by atoms with Crippen molar-refractivity contribution in [2.24, 2.45) is 0 Å². The molecule has 0 unspecified atom stereocenters. The van der Waals surface area contributed by atoms with E-state index >= 15 is 0 Å². The van der Waals surface area contributed by atoms with Crippen molar-refractivity contribution in [3.63, 3.8) is 0 Å². The van der Waals surface area contributed by atoms with Gasteiger partial charge in [0.15, 0.2) is 0 Å². The molecule has 0 bridgehead atoms. The zero-order chi connectivity index (χ0) is 13.7. The second-order valence-electron chi connectivity index (χ2n) is 4.29. The smallest absolute Gasteiger partial charge is 0.253 e. The zero-order valence-electron chi connectivity index (χ0n) is 11.4. The van der Waals surface area contributed by atoms with Crippen LogP contribution in [0.2, 0.25) is 0 Å². The normalized spacial score (nSPS) is 10.6. The van der Waals surface area contributed by atoms with E-state index in [-0.39, 0.29) is 12.0 Å². The van der Waals surface area contributed by atoms with Crippen LogP contribution in [0.4, 0.5) is 0 Å². The number of hydrogen-bond donors (Lipinski definition) is 0. The molecule has 1 amide bonds. The molecule has 0 heterocycles. The minimum atomic E-state index is 0.0526. The predicted molar refractivity (Wildman–Crippen MR) is 77.2 cm³/mol. The van der Waals surface area contributed by atoms with Gasteiger partial charge >= 0.3 is 0 Å². The van der Waals surface area contributed by atoms with Crippen LogP contribution in [0.3, 0.4) is 0 Å². The average Bonchev–Trinajstić information content (AvgIpc) is 2.32. The van der Waals surface area contributed by atoms with E-state index in [4.69, 9.17) is 4.74 Å². The molecule has 0 saturated carbocycles. The number of amides is 1. The highest BCUT2D eigenvalue weighted by Crippen LogP contribution is 2.27. The Bertz CT molecular complexity index is 414. The van der Waals surface area contributed by atoms with Gasteiger partial charge in [0.1, 0.15) is 5.75 Å². The molecule has 0 spiro atoms. The summed E-state index contributed by atoms with van der Waals surface area (Å²) in [6.45, 7) is 9.34. The van der Waals surface area contributed by atoms with Crippen LogP contribution in [0, 0.1) is 0 Å². The molecule has 1 rings (SSSR count). The first-order valence-corrected chi connectivity index (χ1v) is 7.04. The SMILES string of the molecule is CCN(CC)C(=O)c1ccc(OC(C)C)c(Br)c1. The lowest BCUT2D eigenvalue weighted by Gasteiger charge is -2.19. The molecule has 1 aromatic rings. The fraction of sp³-hybridized carbons (Fsp3) is 0.500. The Balaban J connectivity index is 2.93. The fourth-order valence-electron chi connectivity index (χ4n) is 1.68. The van der Waals surface area contributed by atoms with Crippen LogP contribution in [0.15, 0.2) is 22.7 Å². The van der Waals surface area contributed by atoms with Crippen LogP contribution in [0.25, 0.3) is 0 Å². The number of halogens is 1. The summed E-state index contributed by atoms with van der Waals surface area (Å²) < 4.78 is 6.44. The van der Waals surface area contributed by atoms with E-state index in [0.29, 0.717) is 5.56 Å². The molecule has 18 heavy (non-hydrogen) atoms. The highest BCUT2D eigenvalue weighted by atomic mass is 79.9. The summed E-state index contributed by atoms with van der Waals surface area (Å²) in [6.07, 6.45) is 0.116. The quantitative estimate of drug-likeness (QED) is 0.829. The van der Waals surface area contributed by atoms with Crippen LogP contribution in [0.5, 0.6) is 5.75 Å². The molecule has 0 saturated heterocycles. The molecule has 0 aliphatic carbocycles. The van der Waals surface area contributed by atoms with Gasteiger partial charge in [-0.2, -0.15) is 0 Å². The molecular formula is C14H20BrNO2. The summed E-state index contributed by atoms with van der Waals surface area (Å²) in [5.41, 5.74) is 0.682. The molecule has 0 fully saturated rings. The Morgan fingerprint density at radius 2 is 1.94 bits per heavy atom. The van der Waals surface area contributed by atoms with Crippen molar-refractivity contribution in [2.75, 3.05) is 13.1 Å². The Morgan fingerprint density at radius 1 is 1.33 bits per heavy atom. The first-order chi connectivity index (χ1) is 8.49. The van der Waals surface area contributed by atoms with Gasteiger partial charge in [-0.15, -0.1) is 0 Å². The molecule has 0 radical (unpaired) electrons. The molecule has 1 aromatic carbocycles. The highest BCUT2D eigenvalue weighted by Gasteiger charge is 2.14. The van der Waals surface area contributed by atoms with Crippen molar-refractivity contribution >= 4 is 21.8 Å². The van der Waals surface area contributed by atoms with Gasteiger partial charge in [-0.1, -0.05) is 0 Å². The first kappa shape index (κ1) is 15.0. The standard InChI is InChI=1S/C14H20BrNO2/c1-5-16(6-2)14(17)11-7-8-13(12(15)9-11)18-10(3)4/h7-10H,5-6H2,1-4H3. The summed E-state index contributed by atoms with van der Waals surface area (Å²) in [4.78, 5) is 14.0. The number of benzene rings is 1. The maximum atomic E-state index is 12.2. The first-order valence-electron chi connectivity index (χ1n) is 6.25. The van der Waals surface area contributed by atoms with Gasteiger partial charge in [0.25, 0.3) is 5.91 Å². The number of carbonyl (C=O) groups excluding carboxylic acids is 1. The molecule has 3 nitrogen and oxygen atoms in total. The van der Waals surface area contributed by atoms with E-state index in [1.54, 1.807) is 4.90 Å². The van der Waals surface area contributed by atoms with Crippen LogP contribution in [0.1, 0.15) is 38.1 Å². The summed E-state index contributed by atoms with van der Waals surface area (Å²) in [5.74, 6) is 0.817. The number of nitrogens with zero attached hydrogens (tertiary/aromatic N) is 1. The Morgan fingerprint density at radius 3 is 2.39 bits per heavy atom. The molecule has 0 aromatic heterocycles. The Labute approximate surface area is 117 Å². The van der Waals surface area contributed by atoms with Gasteiger partial charge in [0, 0.05) is 18.7 Å². The third-order valence-electron chi connectivity index (χ3n) is 2.59. The van der Waals surface area contributed by atoms with Crippen LogP contribution >= 0.6 is 15.9 Å². The lowest BCUT2D eigenvalue weighted by molar-refractivity contribution is 0.0773. The van der Waals surface area contributed by atoms with Gasteiger partial charge in [-0.3, -0.25) is 4.79 Å². The van der Waals surface area contributed by atoms with E-state index in [9.17, 15) is 4.79 Å². The minimum absolute atomic E-state index is 0.0526. The van der Waals surface area contributed by atoms with Gasteiger partial charge in [-0.25, -0.2) is 0 Å². The predicted octanol–water partition coefficient (Wildman–Crippen LogP) is 3.72. The molecule has 100 valence electrons. The van der Waals surface area contributed by atoms with Crippen molar-refractivity contribution < 1.29 is 9.53 Å². The van der Waals surface area contributed by atoms with Crippen molar-refractivity contribution in [1.29, 1.82) is 0 Å². The molecule has 4 heteroatoms. The molecule has 0 atom stereocenters. The van der Waals surface area contributed by atoms with E-state index in [1.165, 1.54) is 0 Å². The molecule has 0 aliphatic heterocycles. The maximum Gasteiger partial charge on any atom is 0.253 e. The largest absolute Gasteiger partial charge is 0.490 e. The van der Waals surface area contributed by atoms with E-state index in [0.717, 1.165) is 23.3 Å². The second kappa shape index (κ2) is 6.78. The maximum absolute atomic E-state index is 12.2. The van der Waals surface area contributed by atoms with Crippen LogP contribution < -0.4 is 4.74 Å². The third-order valence-corrected chi connectivity index (χ3v) is 3.21. The summed E-state index contributed by atoms with van der Waals surface area (Å²) >= 11 is 3.44. The van der Waals surface area contributed by atoms with Crippen molar-refractivity contribution in [3.05, 3.63) is 28.2 Å². The number of carbonyl (C=O) groups is 1. The zero-order valence-corrected chi connectivity index (χ0v) is 13.0.